The molecular weight excluding hydrogens is 240 g/mol. The van der Waals surface area contributed by atoms with Gasteiger partial charge in [-0.15, -0.1) is 11.3 Å². The summed E-state index contributed by atoms with van der Waals surface area (Å²) in [6, 6.07) is -0.393. The van der Waals surface area contributed by atoms with Crippen molar-refractivity contribution in [1.29, 1.82) is 0 Å². The fraction of sp³-hybridized carbons (Fsp3) is 0.300. The highest BCUT2D eigenvalue weighted by Gasteiger charge is 2.19. The Bertz CT molecular complexity index is 489. The first-order chi connectivity index (χ1) is 8.26. The van der Waals surface area contributed by atoms with Crippen LogP contribution in [0.15, 0.2) is 17.9 Å². The van der Waals surface area contributed by atoms with Gasteiger partial charge < -0.3 is 15.2 Å². The molecule has 2 aromatic rings. The predicted molar refractivity (Wildman–Crippen MR) is 63.3 cm³/mol. The molecule has 17 heavy (non-hydrogen) atoms. The molecule has 6 nitrogen and oxygen atoms in total. The zero-order chi connectivity index (χ0) is 12.3. The van der Waals surface area contributed by atoms with Gasteiger partial charge in [-0.05, 0) is 0 Å². The normalized spacial score (nSPS) is 12.2. The van der Waals surface area contributed by atoms with Crippen LogP contribution in [0.1, 0.15) is 16.6 Å². The molecule has 0 amide bonds. The summed E-state index contributed by atoms with van der Waals surface area (Å²) in [7, 11) is 3.04. The Kier molecular flexibility index (Phi) is 3.50. The Morgan fingerprint density at radius 2 is 2.12 bits per heavy atom. The lowest BCUT2D eigenvalue weighted by atomic mass is 10.2. The molecule has 0 spiro atoms. The minimum absolute atomic E-state index is 0.366. The topological polar surface area (TPSA) is 83.2 Å². The Hall–Kier alpha value is -1.73. The molecule has 2 N–H and O–H groups in total. The van der Waals surface area contributed by atoms with Gasteiger partial charge in [-0.1, -0.05) is 0 Å². The van der Waals surface area contributed by atoms with Gasteiger partial charge in [-0.2, -0.15) is 4.98 Å². The Labute approximate surface area is 102 Å². The van der Waals surface area contributed by atoms with Crippen LogP contribution in [0.25, 0.3) is 0 Å². The second-order valence-corrected chi connectivity index (χ2v) is 4.11. The van der Waals surface area contributed by atoms with Gasteiger partial charge in [0, 0.05) is 11.1 Å². The van der Waals surface area contributed by atoms with Crippen molar-refractivity contribution in [2.75, 3.05) is 14.2 Å². The molecule has 2 heterocycles. The summed E-state index contributed by atoms with van der Waals surface area (Å²) in [6.07, 6.45) is 3.22. The molecule has 0 aromatic carbocycles. The van der Waals surface area contributed by atoms with E-state index in [-0.39, 0.29) is 0 Å². The number of methoxy groups -OCH3 is 2. The molecule has 2 aromatic heterocycles. The Morgan fingerprint density at radius 1 is 1.29 bits per heavy atom. The highest BCUT2D eigenvalue weighted by Crippen LogP contribution is 2.27. The largest absolute Gasteiger partial charge is 0.480 e. The number of nitrogens with zero attached hydrogens (tertiary/aromatic N) is 3. The van der Waals surface area contributed by atoms with Crippen LogP contribution >= 0.6 is 11.3 Å². The summed E-state index contributed by atoms with van der Waals surface area (Å²) in [5, 5.41) is 0. The van der Waals surface area contributed by atoms with E-state index in [4.69, 9.17) is 15.2 Å². The molecule has 0 aliphatic heterocycles. The summed E-state index contributed by atoms with van der Waals surface area (Å²) in [5.74, 6) is 0.757. The van der Waals surface area contributed by atoms with Crippen LogP contribution in [0.5, 0.6) is 11.8 Å². The van der Waals surface area contributed by atoms with E-state index >= 15 is 0 Å². The van der Waals surface area contributed by atoms with Gasteiger partial charge in [-0.3, -0.25) is 4.98 Å². The second kappa shape index (κ2) is 5.07. The Morgan fingerprint density at radius 3 is 2.71 bits per heavy atom. The molecule has 0 radical (unpaired) electrons. The first-order valence-corrected chi connectivity index (χ1v) is 5.73. The smallest absolute Gasteiger partial charge is 0.240 e. The standard InChI is InChI=1S/C10H12N4O2S/c1-15-7-4-13-9(10(14-7)16-2)8(11)6-3-12-5-17-6/h3-5,8H,11H2,1-2H3. The third-order valence-corrected chi connectivity index (χ3v) is 3.06. The highest BCUT2D eigenvalue weighted by atomic mass is 32.1. The van der Waals surface area contributed by atoms with E-state index in [1.165, 1.54) is 31.8 Å². The van der Waals surface area contributed by atoms with Crippen molar-refractivity contribution in [1.82, 2.24) is 15.0 Å². The van der Waals surface area contributed by atoms with Crippen molar-refractivity contribution in [3.8, 4) is 11.8 Å². The van der Waals surface area contributed by atoms with Crippen LogP contribution < -0.4 is 15.2 Å². The highest BCUT2D eigenvalue weighted by molar-refractivity contribution is 7.09. The third-order valence-electron chi connectivity index (χ3n) is 2.20. The molecule has 0 saturated carbocycles. The number of ether oxygens (including phenoxy) is 2. The zero-order valence-corrected chi connectivity index (χ0v) is 10.3. The van der Waals surface area contributed by atoms with E-state index < -0.39 is 6.04 Å². The van der Waals surface area contributed by atoms with Gasteiger partial charge in [0.15, 0.2) is 0 Å². The number of aromatic nitrogens is 3. The zero-order valence-electron chi connectivity index (χ0n) is 9.45. The molecular formula is C10H12N4O2S. The number of nitrogens with two attached hydrogens (primary N) is 1. The van der Waals surface area contributed by atoms with Gasteiger partial charge in [0.2, 0.25) is 11.8 Å². The fourth-order valence-electron chi connectivity index (χ4n) is 1.34. The third kappa shape index (κ3) is 2.34. The summed E-state index contributed by atoms with van der Waals surface area (Å²) in [4.78, 5) is 13.2. The van der Waals surface area contributed by atoms with Crippen molar-refractivity contribution in [2.45, 2.75) is 6.04 Å². The van der Waals surface area contributed by atoms with Gasteiger partial charge in [0.05, 0.1) is 32.0 Å². The first kappa shape index (κ1) is 11.7. The summed E-state index contributed by atoms with van der Waals surface area (Å²) >= 11 is 1.46. The SMILES string of the molecule is COc1cnc(C(N)c2cncs2)c(OC)n1. The fourth-order valence-corrected chi connectivity index (χ4v) is 1.97. The number of rotatable bonds is 4. The molecule has 2 rings (SSSR count). The van der Waals surface area contributed by atoms with Crippen LogP contribution in [0, 0.1) is 0 Å². The monoisotopic (exact) mass is 252 g/mol. The van der Waals surface area contributed by atoms with E-state index in [1.807, 2.05) is 0 Å². The lowest BCUT2D eigenvalue weighted by molar-refractivity contribution is 0.355. The maximum Gasteiger partial charge on any atom is 0.240 e. The van der Waals surface area contributed by atoms with E-state index in [0.29, 0.717) is 17.5 Å². The number of hydrogen-bond donors (Lipinski definition) is 1. The minimum Gasteiger partial charge on any atom is -0.480 e. The van der Waals surface area contributed by atoms with Crippen molar-refractivity contribution in [2.24, 2.45) is 5.73 Å². The van der Waals surface area contributed by atoms with Crippen LogP contribution in [0.2, 0.25) is 0 Å². The van der Waals surface area contributed by atoms with E-state index in [9.17, 15) is 0 Å². The van der Waals surface area contributed by atoms with Crippen LogP contribution in [-0.4, -0.2) is 29.2 Å². The average molecular weight is 252 g/mol. The predicted octanol–water partition coefficient (Wildman–Crippen LogP) is 0.998. The van der Waals surface area contributed by atoms with Gasteiger partial charge in [0.25, 0.3) is 0 Å². The van der Waals surface area contributed by atoms with Crippen LogP contribution in [0.4, 0.5) is 0 Å². The van der Waals surface area contributed by atoms with Crippen LogP contribution in [-0.2, 0) is 0 Å². The maximum atomic E-state index is 6.08. The van der Waals surface area contributed by atoms with Crippen molar-refractivity contribution in [3.63, 3.8) is 0 Å². The van der Waals surface area contributed by atoms with Crippen molar-refractivity contribution >= 4 is 11.3 Å². The molecule has 0 bridgehead atoms. The Balaban J connectivity index is 2.38. The quantitative estimate of drug-likeness (QED) is 0.874. The molecule has 90 valence electrons. The number of thiazole rings is 1. The van der Waals surface area contributed by atoms with Crippen molar-refractivity contribution < 1.29 is 9.47 Å². The first-order valence-electron chi connectivity index (χ1n) is 4.85. The molecule has 1 unspecified atom stereocenters. The molecule has 1 atom stereocenters. The second-order valence-electron chi connectivity index (χ2n) is 3.19. The van der Waals surface area contributed by atoms with Gasteiger partial charge >= 0.3 is 0 Å². The van der Waals surface area contributed by atoms with E-state index in [1.54, 1.807) is 11.7 Å². The lowest BCUT2D eigenvalue weighted by Crippen LogP contribution is -2.14. The summed E-state index contributed by atoms with van der Waals surface area (Å²) in [5.41, 5.74) is 8.36. The maximum absolute atomic E-state index is 6.08. The van der Waals surface area contributed by atoms with Crippen molar-refractivity contribution in [3.05, 3.63) is 28.5 Å². The molecule has 0 aliphatic carbocycles. The van der Waals surface area contributed by atoms with Gasteiger partial charge in [-0.25, -0.2) is 4.98 Å². The molecule has 7 heteroatoms. The lowest BCUT2D eigenvalue weighted by Gasteiger charge is -2.12. The molecule has 0 fully saturated rings. The minimum atomic E-state index is -0.393. The summed E-state index contributed by atoms with van der Waals surface area (Å²) in [6.45, 7) is 0. The molecule has 0 saturated heterocycles. The molecule has 0 aliphatic rings. The van der Waals surface area contributed by atoms with Crippen LogP contribution in [0.3, 0.4) is 0 Å². The van der Waals surface area contributed by atoms with E-state index in [2.05, 4.69) is 15.0 Å². The summed E-state index contributed by atoms with van der Waals surface area (Å²) < 4.78 is 10.1. The van der Waals surface area contributed by atoms with Gasteiger partial charge in [0.1, 0.15) is 5.69 Å². The number of hydrogen-bond acceptors (Lipinski definition) is 7. The average Bonchev–Trinajstić information content (AvgIpc) is 2.91. The van der Waals surface area contributed by atoms with E-state index in [0.717, 1.165) is 4.88 Å².